The maximum Gasteiger partial charge on any atom is 0.127 e. The summed E-state index contributed by atoms with van der Waals surface area (Å²) >= 11 is 6.43. The molecule has 0 aromatic heterocycles. The lowest BCUT2D eigenvalue weighted by Crippen LogP contribution is -2.54. The lowest BCUT2D eigenvalue weighted by molar-refractivity contribution is -0.0769. The van der Waals surface area contributed by atoms with Crippen molar-refractivity contribution in [3.8, 4) is 5.75 Å². The lowest BCUT2D eigenvalue weighted by atomic mass is 9.73. The fraction of sp³-hybridized carbons (Fsp3) is 0.500. The summed E-state index contributed by atoms with van der Waals surface area (Å²) in [5.41, 5.74) is 2.77. The van der Waals surface area contributed by atoms with E-state index in [9.17, 15) is 10.2 Å². The normalized spacial score (nSPS) is 26.2. The van der Waals surface area contributed by atoms with Crippen LogP contribution in [0, 0.1) is 5.41 Å². The first-order chi connectivity index (χ1) is 13.8. The fourth-order valence-electron chi connectivity index (χ4n) is 4.78. The third kappa shape index (κ3) is 4.04. The first kappa shape index (κ1) is 20.7. The van der Waals surface area contributed by atoms with Crippen LogP contribution in [0.15, 0.2) is 42.5 Å². The van der Waals surface area contributed by atoms with E-state index < -0.39 is 11.5 Å². The molecule has 2 atom stereocenters. The quantitative estimate of drug-likeness (QED) is 0.779. The summed E-state index contributed by atoms with van der Waals surface area (Å²) in [5.74, 6) is 0.947. The van der Waals surface area contributed by atoms with E-state index in [4.69, 9.17) is 16.3 Å². The third-order valence-electron chi connectivity index (χ3n) is 6.51. The molecule has 29 heavy (non-hydrogen) atoms. The van der Waals surface area contributed by atoms with Crippen LogP contribution in [0.2, 0.25) is 5.02 Å². The molecule has 0 unspecified atom stereocenters. The highest BCUT2D eigenvalue weighted by atomic mass is 35.5. The zero-order valence-electron chi connectivity index (χ0n) is 17.2. The molecule has 4 nitrogen and oxygen atoms in total. The number of benzene rings is 2. The highest BCUT2D eigenvalue weighted by Crippen LogP contribution is 2.43. The van der Waals surface area contributed by atoms with E-state index in [1.54, 1.807) is 0 Å². The minimum absolute atomic E-state index is 0.0449. The van der Waals surface area contributed by atoms with Crippen molar-refractivity contribution in [1.82, 2.24) is 4.90 Å². The van der Waals surface area contributed by atoms with Gasteiger partial charge in [-0.3, -0.25) is 4.90 Å². The van der Waals surface area contributed by atoms with Gasteiger partial charge < -0.3 is 14.9 Å². The monoisotopic (exact) mass is 415 g/mol. The molecule has 0 aliphatic carbocycles. The smallest absolute Gasteiger partial charge is 0.127 e. The second-order valence-corrected chi connectivity index (χ2v) is 9.75. The number of fused-ring (bicyclic) bond motifs is 1. The second kappa shape index (κ2) is 7.92. The van der Waals surface area contributed by atoms with Crippen molar-refractivity contribution in [2.75, 3.05) is 26.3 Å². The number of piperidine rings is 1. The Morgan fingerprint density at radius 2 is 1.97 bits per heavy atom. The van der Waals surface area contributed by atoms with Crippen LogP contribution in [0.4, 0.5) is 0 Å². The van der Waals surface area contributed by atoms with E-state index in [2.05, 4.69) is 30.9 Å². The summed E-state index contributed by atoms with van der Waals surface area (Å²) in [7, 11) is 0. The number of aliphatic hydroxyl groups is 2. The predicted octanol–water partition coefficient (Wildman–Crippen LogP) is 3.80. The number of aliphatic hydroxyl groups excluding tert-OH is 2. The maximum absolute atomic E-state index is 10.8. The Morgan fingerprint density at radius 3 is 2.69 bits per heavy atom. The Hall–Kier alpha value is -1.59. The van der Waals surface area contributed by atoms with E-state index in [-0.39, 0.29) is 12.0 Å². The van der Waals surface area contributed by atoms with Crippen LogP contribution >= 0.6 is 11.6 Å². The molecule has 0 spiro atoms. The molecule has 2 heterocycles. The predicted molar refractivity (Wildman–Crippen MR) is 116 cm³/mol. The third-order valence-corrected chi connectivity index (χ3v) is 6.73. The largest absolute Gasteiger partial charge is 0.492 e. The van der Waals surface area contributed by atoms with E-state index in [0.717, 1.165) is 34.0 Å². The van der Waals surface area contributed by atoms with Crippen LogP contribution in [-0.2, 0) is 18.4 Å². The molecule has 2 aliphatic rings. The van der Waals surface area contributed by atoms with Gasteiger partial charge in [0.05, 0.1) is 19.3 Å². The molecule has 2 aromatic carbocycles. The standard InChI is InChI=1S/C24H30ClNO3/c1-23(2)16-29-22-18(10-19(25)11-20(22)23)13-26-9-8-21(28)24(14-26,15-27)12-17-6-4-3-5-7-17/h3-7,10-11,21,27-28H,8-9,12-16H2,1-2H3/t21-,24+/m0/s1. The van der Waals surface area contributed by atoms with Crippen molar-refractivity contribution in [3.05, 3.63) is 64.2 Å². The Morgan fingerprint density at radius 1 is 1.21 bits per heavy atom. The van der Waals surface area contributed by atoms with Crippen molar-refractivity contribution in [2.24, 2.45) is 5.41 Å². The summed E-state index contributed by atoms with van der Waals surface area (Å²) in [4.78, 5) is 2.31. The van der Waals surface area contributed by atoms with Crippen LogP contribution in [0.5, 0.6) is 5.75 Å². The molecular formula is C24H30ClNO3. The maximum atomic E-state index is 10.8. The van der Waals surface area contributed by atoms with Gasteiger partial charge in [0.25, 0.3) is 0 Å². The highest BCUT2D eigenvalue weighted by molar-refractivity contribution is 6.30. The summed E-state index contributed by atoms with van der Waals surface area (Å²) in [6.45, 7) is 7.06. The Balaban J connectivity index is 1.58. The molecular weight excluding hydrogens is 386 g/mol. The number of halogens is 1. The summed E-state index contributed by atoms with van der Waals surface area (Å²) in [5, 5.41) is 21.8. The number of rotatable bonds is 5. The topological polar surface area (TPSA) is 52.9 Å². The van der Waals surface area contributed by atoms with E-state index >= 15 is 0 Å². The number of nitrogens with zero attached hydrogens (tertiary/aromatic N) is 1. The fourth-order valence-corrected chi connectivity index (χ4v) is 5.02. The van der Waals surface area contributed by atoms with Gasteiger partial charge in [-0.1, -0.05) is 55.8 Å². The molecule has 0 amide bonds. The minimum atomic E-state index is -0.568. The van der Waals surface area contributed by atoms with E-state index in [1.807, 2.05) is 30.3 Å². The first-order valence-corrected chi connectivity index (χ1v) is 10.7. The van der Waals surface area contributed by atoms with Crippen molar-refractivity contribution in [3.63, 3.8) is 0 Å². The number of ether oxygens (including phenoxy) is 1. The van der Waals surface area contributed by atoms with Crippen LogP contribution in [0.3, 0.4) is 0 Å². The Labute approximate surface area is 178 Å². The summed E-state index contributed by atoms with van der Waals surface area (Å²) in [6.07, 6.45) is 0.769. The van der Waals surface area contributed by atoms with Gasteiger partial charge in [0.1, 0.15) is 5.75 Å². The van der Waals surface area contributed by atoms with Crippen LogP contribution in [0.1, 0.15) is 37.0 Å². The van der Waals surface area contributed by atoms with Crippen LogP contribution in [0.25, 0.3) is 0 Å². The van der Waals surface area contributed by atoms with Crippen LogP contribution in [-0.4, -0.2) is 47.5 Å². The molecule has 1 fully saturated rings. The van der Waals surface area contributed by atoms with Crippen molar-refractivity contribution in [1.29, 1.82) is 0 Å². The highest BCUT2D eigenvalue weighted by Gasteiger charge is 2.43. The van der Waals surface area contributed by atoms with Gasteiger partial charge in [0, 0.05) is 46.6 Å². The van der Waals surface area contributed by atoms with E-state index in [1.165, 1.54) is 0 Å². The average molecular weight is 416 g/mol. The van der Waals surface area contributed by atoms with Gasteiger partial charge in [-0.2, -0.15) is 0 Å². The molecule has 4 rings (SSSR count). The molecule has 0 bridgehead atoms. The molecule has 156 valence electrons. The molecule has 2 aliphatic heterocycles. The number of hydrogen-bond donors (Lipinski definition) is 2. The van der Waals surface area contributed by atoms with E-state index in [0.29, 0.717) is 32.5 Å². The van der Waals surface area contributed by atoms with Crippen molar-refractivity contribution < 1.29 is 14.9 Å². The zero-order valence-corrected chi connectivity index (χ0v) is 18.0. The molecule has 2 aromatic rings. The molecule has 0 radical (unpaired) electrons. The SMILES string of the molecule is CC1(C)COc2c(CN3CC[C@H](O)[C@](CO)(Cc4ccccc4)C3)cc(Cl)cc21. The van der Waals surface area contributed by atoms with Crippen molar-refractivity contribution >= 4 is 11.6 Å². The summed E-state index contributed by atoms with van der Waals surface area (Å²) < 4.78 is 6.05. The average Bonchev–Trinajstić information content (AvgIpc) is 3.00. The van der Waals surface area contributed by atoms with Gasteiger partial charge in [0.15, 0.2) is 0 Å². The Bertz CT molecular complexity index is 870. The lowest BCUT2D eigenvalue weighted by Gasteiger charge is -2.45. The number of hydrogen-bond acceptors (Lipinski definition) is 4. The van der Waals surface area contributed by atoms with Crippen LogP contribution < -0.4 is 4.74 Å². The Kier molecular flexibility index (Phi) is 5.64. The number of likely N-dealkylation sites (tertiary alicyclic amines) is 1. The summed E-state index contributed by atoms with van der Waals surface area (Å²) in [6, 6.07) is 14.1. The first-order valence-electron chi connectivity index (χ1n) is 10.3. The molecule has 2 N–H and O–H groups in total. The minimum Gasteiger partial charge on any atom is -0.492 e. The zero-order chi connectivity index (χ0) is 20.6. The van der Waals surface area contributed by atoms with Gasteiger partial charge >= 0.3 is 0 Å². The second-order valence-electron chi connectivity index (χ2n) is 9.31. The van der Waals surface area contributed by atoms with Gasteiger partial charge in [-0.25, -0.2) is 0 Å². The molecule has 0 saturated carbocycles. The van der Waals surface area contributed by atoms with Gasteiger partial charge in [-0.05, 0) is 30.5 Å². The molecule has 1 saturated heterocycles. The molecule has 5 heteroatoms. The van der Waals surface area contributed by atoms with Gasteiger partial charge in [0.2, 0.25) is 0 Å². The van der Waals surface area contributed by atoms with Gasteiger partial charge in [-0.15, -0.1) is 0 Å². The van der Waals surface area contributed by atoms with Crippen molar-refractivity contribution in [2.45, 2.75) is 44.8 Å².